The quantitative estimate of drug-likeness (QED) is 0.686. The molecule has 0 aromatic carbocycles. The first-order valence-corrected chi connectivity index (χ1v) is 6.17. The number of hydrogen-bond acceptors (Lipinski definition) is 6. The second-order valence-corrected chi connectivity index (χ2v) is 4.21. The highest BCUT2D eigenvalue weighted by Crippen LogP contribution is 2.07. The Morgan fingerprint density at radius 2 is 2.19 bits per heavy atom. The molecule has 0 atom stereocenters. The van der Waals surface area contributed by atoms with Crippen LogP contribution in [0, 0.1) is 11.3 Å². The van der Waals surface area contributed by atoms with Gasteiger partial charge in [0.2, 0.25) is 0 Å². The molecule has 0 fully saturated rings. The highest BCUT2D eigenvalue weighted by molar-refractivity contribution is 7.99. The van der Waals surface area contributed by atoms with Crippen molar-refractivity contribution in [3.8, 4) is 6.07 Å². The van der Waals surface area contributed by atoms with Crippen molar-refractivity contribution in [3.63, 3.8) is 0 Å². The molecule has 0 saturated heterocycles. The summed E-state index contributed by atoms with van der Waals surface area (Å²) in [7, 11) is 0. The third-order valence-electron chi connectivity index (χ3n) is 1.79. The van der Waals surface area contributed by atoms with Crippen molar-refractivity contribution in [2.75, 3.05) is 30.0 Å². The number of hydrogen-bond donors (Lipinski definition) is 2. The minimum atomic E-state index is 0.239. The van der Waals surface area contributed by atoms with Gasteiger partial charge in [-0.1, -0.05) is 0 Å². The van der Waals surface area contributed by atoms with Crippen LogP contribution in [0.4, 0.5) is 5.82 Å². The van der Waals surface area contributed by atoms with E-state index in [2.05, 4.69) is 15.3 Å². The molecule has 6 heteroatoms. The third kappa shape index (κ3) is 4.47. The van der Waals surface area contributed by atoms with E-state index >= 15 is 0 Å². The average molecular weight is 238 g/mol. The number of anilines is 1. The number of nitrogens with zero attached hydrogens (tertiary/aromatic N) is 3. The van der Waals surface area contributed by atoms with Crippen LogP contribution in [0.15, 0.2) is 12.4 Å². The van der Waals surface area contributed by atoms with Gasteiger partial charge in [-0.2, -0.15) is 17.0 Å². The zero-order valence-corrected chi connectivity index (χ0v) is 9.70. The number of aliphatic hydroxyl groups excluding tert-OH is 1. The second-order valence-electron chi connectivity index (χ2n) is 2.98. The van der Waals surface area contributed by atoms with Gasteiger partial charge < -0.3 is 10.4 Å². The van der Waals surface area contributed by atoms with Crippen molar-refractivity contribution in [3.05, 3.63) is 18.1 Å². The van der Waals surface area contributed by atoms with Gasteiger partial charge in [-0.05, 0) is 12.2 Å². The van der Waals surface area contributed by atoms with Crippen LogP contribution >= 0.6 is 11.8 Å². The molecule has 1 aromatic heterocycles. The third-order valence-corrected chi connectivity index (χ3v) is 2.86. The topological polar surface area (TPSA) is 81.8 Å². The molecule has 0 unspecified atom stereocenters. The lowest BCUT2D eigenvalue weighted by Crippen LogP contribution is -2.08. The number of nitriles is 1. The minimum absolute atomic E-state index is 0.239. The van der Waals surface area contributed by atoms with Gasteiger partial charge >= 0.3 is 0 Å². The van der Waals surface area contributed by atoms with E-state index in [0.29, 0.717) is 11.5 Å². The number of thioether (sulfide) groups is 1. The van der Waals surface area contributed by atoms with Gasteiger partial charge in [-0.25, -0.2) is 9.97 Å². The number of aromatic nitrogens is 2. The van der Waals surface area contributed by atoms with E-state index in [-0.39, 0.29) is 6.61 Å². The molecule has 0 saturated carbocycles. The molecule has 16 heavy (non-hydrogen) atoms. The molecule has 0 bridgehead atoms. The van der Waals surface area contributed by atoms with Crippen molar-refractivity contribution in [1.82, 2.24) is 9.97 Å². The van der Waals surface area contributed by atoms with Gasteiger partial charge in [-0.15, -0.1) is 0 Å². The first kappa shape index (κ1) is 12.7. The molecule has 1 aromatic rings. The summed E-state index contributed by atoms with van der Waals surface area (Å²) in [6, 6.07) is 1.98. The summed E-state index contributed by atoms with van der Waals surface area (Å²) in [6.07, 6.45) is 3.88. The van der Waals surface area contributed by atoms with E-state index < -0.39 is 0 Å². The smallest absolute Gasteiger partial charge is 0.182 e. The predicted octanol–water partition coefficient (Wildman–Crippen LogP) is 0.876. The van der Waals surface area contributed by atoms with Gasteiger partial charge in [-0.3, -0.25) is 0 Å². The van der Waals surface area contributed by atoms with Crippen LogP contribution in [0.25, 0.3) is 0 Å². The Labute approximate surface area is 98.9 Å². The van der Waals surface area contributed by atoms with Crippen LogP contribution in [0.5, 0.6) is 0 Å². The lowest BCUT2D eigenvalue weighted by molar-refractivity contribution is 0.296. The van der Waals surface area contributed by atoms with Gasteiger partial charge in [0.15, 0.2) is 11.5 Å². The Kier molecular flexibility index (Phi) is 6.30. The van der Waals surface area contributed by atoms with Crippen molar-refractivity contribution in [2.24, 2.45) is 0 Å². The summed E-state index contributed by atoms with van der Waals surface area (Å²) < 4.78 is 0. The van der Waals surface area contributed by atoms with E-state index in [1.807, 2.05) is 6.07 Å². The average Bonchev–Trinajstić information content (AvgIpc) is 2.34. The first-order chi connectivity index (χ1) is 7.88. The first-order valence-electron chi connectivity index (χ1n) is 5.02. The molecule has 0 aliphatic heterocycles. The number of aliphatic hydroxyl groups is 1. The highest BCUT2D eigenvalue weighted by Gasteiger charge is 2.01. The molecule has 2 N–H and O–H groups in total. The fraction of sp³-hybridized carbons (Fsp3) is 0.500. The van der Waals surface area contributed by atoms with Gasteiger partial charge in [0.05, 0.1) is 0 Å². The van der Waals surface area contributed by atoms with Crippen LogP contribution in [0.3, 0.4) is 0 Å². The summed E-state index contributed by atoms with van der Waals surface area (Å²) in [5.74, 6) is 2.40. The maximum atomic E-state index is 8.77. The molecule has 1 rings (SSSR count). The standard InChI is InChI=1S/C10H14N4OS/c11-8-9-10(13-3-2-12-9)14-4-7-16-6-1-5-15/h2-3,15H,1,4-7H2,(H,13,14). The van der Waals surface area contributed by atoms with Crippen LogP contribution in [0.2, 0.25) is 0 Å². The van der Waals surface area contributed by atoms with Crippen LogP contribution < -0.4 is 5.32 Å². The highest BCUT2D eigenvalue weighted by atomic mass is 32.2. The number of nitrogens with one attached hydrogen (secondary N) is 1. The molecular weight excluding hydrogens is 224 g/mol. The van der Waals surface area contributed by atoms with Crippen molar-refractivity contribution in [1.29, 1.82) is 5.26 Å². The Hall–Kier alpha value is -1.32. The largest absolute Gasteiger partial charge is 0.396 e. The summed E-state index contributed by atoms with van der Waals surface area (Å²) in [5, 5.41) is 20.4. The van der Waals surface area contributed by atoms with E-state index in [9.17, 15) is 0 Å². The predicted molar refractivity (Wildman–Crippen MR) is 64.3 cm³/mol. The molecule has 0 radical (unpaired) electrons. The second kappa shape index (κ2) is 7.91. The van der Waals surface area contributed by atoms with Crippen molar-refractivity contribution < 1.29 is 5.11 Å². The summed E-state index contributed by atoms with van der Waals surface area (Å²) >= 11 is 1.76. The zero-order valence-electron chi connectivity index (χ0n) is 8.89. The van der Waals surface area contributed by atoms with Gasteiger partial charge in [0, 0.05) is 31.3 Å². The van der Waals surface area contributed by atoms with Gasteiger partial charge in [0.25, 0.3) is 0 Å². The number of rotatable bonds is 7. The fourth-order valence-corrected chi connectivity index (χ4v) is 1.84. The molecule has 0 spiro atoms. The fourth-order valence-electron chi connectivity index (χ4n) is 1.06. The SMILES string of the molecule is N#Cc1nccnc1NCCSCCCO. The van der Waals surface area contributed by atoms with Crippen LogP contribution in [-0.2, 0) is 0 Å². The Balaban J connectivity index is 2.24. The molecule has 0 amide bonds. The zero-order chi connectivity index (χ0) is 11.6. The van der Waals surface area contributed by atoms with E-state index in [4.69, 9.17) is 10.4 Å². The summed E-state index contributed by atoms with van der Waals surface area (Å²) in [6.45, 7) is 0.979. The Morgan fingerprint density at radius 3 is 2.94 bits per heavy atom. The van der Waals surface area contributed by atoms with Gasteiger partial charge in [0.1, 0.15) is 6.07 Å². The maximum absolute atomic E-state index is 8.77. The normalized spacial score (nSPS) is 9.75. The van der Waals surface area contributed by atoms with Crippen molar-refractivity contribution >= 4 is 17.6 Å². The summed E-state index contributed by atoms with van der Waals surface area (Å²) in [4.78, 5) is 7.94. The summed E-state index contributed by atoms with van der Waals surface area (Å²) in [5.41, 5.74) is 0.322. The Bertz CT molecular complexity index is 353. The monoisotopic (exact) mass is 238 g/mol. The molecule has 86 valence electrons. The van der Waals surface area contributed by atoms with Crippen molar-refractivity contribution in [2.45, 2.75) is 6.42 Å². The van der Waals surface area contributed by atoms with E-state index in [1.54, 1.807) is 18.0 Å². The molecular formula is C10H14N4OS. The van der Waals surface area contributed by atoms with Crippen LogP contribution in [-0.4, -0.2) is 39.7 Å². The lowest BCUT2D eigenvalue weighted by atomic mass is 10.4. The molecule has 0 aliphatic carbocycles. The molecule has 5 nitrogen and oxygen atoms in total. The minimum Gasteiger partial charge on any atom is -0.396 e. The molecule has 1 heterocycles. The van der Waals surface area contributed by atoms with E-state index in [0.717, 1.165) is 24.5 Å². The van der Waals surface area contributed by atoms with E-state index in [1.165, 1.54) is 6.20 Å². The Morgan fingerprint density at radius 1 is 1.38 bits per heavy atom. The molecule has 0 aliphatic rings. The maximum Gasteiger partial charge on any atom is 0.182 e. The lowest BCUT2D eigenvalue weighted by Gasteiger charge is -2.05. The van der Waals surface area contributed by atoms with Crippen LogP contribution in [0.1, 0.15) is 12.1 Å².